The molecule has 0 aliphatic rings. The van der Waals surface area contributed by atoms with E-state index in [9.17, 15) is 0 Å². The van der Waals surface area contributed by atoms with E-state index in [4.69, 9.17) is 16.1 Å². The van der Waals surface area contributed by atoms with Crippen molar-refractivity contribution < 1.29 is 4.52 Å². The first kappa shape index (κ1) is 23.7. The molecule has 2 rings (SSSR count). The molecule has 0 radical (unpaired) electrons. The Bertz CT molecular complexity index is 686. The van der Waals surface area contributed by atoms with Gasteiger partial charge < -0.3 is 15.2 Å². The molecule has 0 unspecified atom stereocenters. The third-order valence-electron chi connectivity index (χ3n) is 4.21. The number of aromatic nitrogens is 2. The summed E-state index contributed by atoms with van der Waals surface area (Å²) < 4.78 is 5.43. The lowest BCUT2D eigenvalue weighted by atomic mass is 9.99. The van der Waals surface area contributed by atoms with Gasteiger partial charge in [-0.15, -0.1) is 24.0 Å². The standard InChI is InChI=1S/C19H28ClN5O.HI/c1-4-15(5-2)17-11-16(26-25-17)13-24-19(21-6-3)22-10-9-14-7-8-18(20)23-12-14;/h7-8,11-12,15H,4-6,9-10,13H2,1-3H3,(H2,21,22,24);1H. The average molecular weight is 506 g/mol. The highest BCUT2D eigenvalue weighted by Crippen LogP contribution is 2.22. The van der Waals surface area contributed by atoms with Crippen LogP contribution in [0, 0.1) is 0 Å². The quantitative estimate of drug-likeness (QED) is 0.226. The van der Waals surface area contributed by atoms with E-state index in [1.54, 1.807) is 12.3 Å². The Labute approximate surface area is 183 Å². The van der Waals surface area contributed by atoms with Crippen LogP contribution in [0.2, 0.25) is 5.15 Å². The number of hydrogen-bond acceptors (Lipinski definition) is 4. The van der Waals surface area contributed by atoms with Gasteiger partial charge in [-0.25, -0.2) is 9.98 Å². The van der Waals surface area contributed by atoms with Crippen molar-refractivity contribution in [1.82, 2.24) is 20.8 Å². The molecule has 0 amide bonds. The summed E-state index contributed by atoms with van der Waals surface area (Å²) in [6.45, 7) is 8.40. The third kappa shape index (κ3) is 8.04. The van der Waals surface area contributed by atoms with Gasteiger partial charge in [-0.2, -0.15) is 0 Å². The van der Waals surface area contributed by atoms with E-state index in [1.807, 2.05) is 19.1 Å². The van der Waals surface area contributed by atoms with Crippen LogP contribution in [0.4, 0.5) is 0 Å². The molecule has 0 fully saturated rings. The van der Waals surface area contributed by atoms with Crippen LogP contribution in [0.3, 0.4) is 0 Å². The number of rotatable bonds is 9. The van der Waals surface area contributed by atoms with Gasteiger partial charge in [-0.3, -0.25) is 0 Å². The first-order valence-corrected chi connectivity index (χ1v) is 9.62. The molecule has 27 heavy (non-hydrogen) atoms. The summed E-state index contributed by atoms with van der Waals surface area (Å²) in [4.78, 5) is 8.67. The Morgan fingerprint density at radius 2 is 2.00 bits per heavy atom. The summed E-state index contributed by atoms with van der Waals surface area (Å²) in [6, 6.07) is 5.80. The largest absolute Gasteiger partial charge is 0.359 e. The minimum atomic E-state index is 0. The van der Waals surface area contributed by atoms with E-state index >= 15 is 0 Å². The fourth-order valence-electron chi connectivity index (χ4n) is 2.68. The van der Waals surface area contributed by atoms with Crippen LogP contribution in [-0.2, 0) is 13.0 Å². The molecule has 2 aromatic heterocycles. The zero-order chi connectivity index (χ0) is 18.8. The van der Waals surface area contributed by atoms with Gasteiger partial charge in [0.25, 0.3) is 0 Å². The van der Waals surface area contributed by atoms with Gasteiger partial charge in [0, 0.05) is 31.3 Å². The van der Waals surface area contributed by atoms with Crippen molar-refractivity contribution in [2.24, 2.45) is 4.99 Å². The van der Waals surface area contributed by atoms with E-state index < -0.39 is 0 Å². The highest BCUT2D eigenvalue weighted by molar-refractivity contribution is 14.0. The number of guanidine groups is 1. The van der Waals surface area contributed by atoms with Gasteiger partial charge in [0.1, 0.15) is 11.7 Å². The van der Waals surface area contributed by atoms with Crippen LogP contribution >= 0.6 is 35.6 Å². The van der Waals surface area contributed by atoms with Crippen LogP contribution in [0.25, 0.3) is 0 Å². The summed E-state index contributed by atoms with van der Waals surface area (Å²) >= 11 is 5.81. The minimum Gasteiger partial charge on any atom is -0.359 e. The van der Waals surface area contributed by atoms with Crippen LogP contribution in [0.5, 0.6) is 0 Å². The third-order valence-corrected chi connectivity index (χ3v) is 4.44. The van der Waals surface area contributed by atoms with Gasteiger partial charge in [-0.1, -0.05) is 36.7 Å². The Hall–Kier alpha value is -1.35. The second-order valence-corrected chi connectivity index (χ2v) is 6.48. The van der Waals surface area contributed by atoms with Crippen molar-refractivity contribution in [2.45, 2.75) is 52.5 Å². The predicted octanol–water partition coefficient (Wildman–Crippen LogP) is 4.54. The molecule has 0 saturated carbocycles. The Kier molecular flexibility index (Phi) is 11.3. The number of hydrogen-bond donors (Lipinski definition) is 2. The van der Waals surface area contributed by atoms with Gasteiger partial charge in [-0.05, 0) is 37.8 Å². The molecule has 0 aliphatic heterocycles. The van der Waals surface area contributed by atoms with Crippen LogP contribution < -0.4 is 10.6 Å². The second kappa shape index (κ2) is 12.9. The SMILES string of the molecule is CCNC(=NCc1cc(C(CC)CC)no1)NCCc1ccc(Cl)nc1.I. The highest BCUT2D eigenvalue weighted by atomic mass is 127. The molecule has 6 nitrogen and oxygen atoms in total. The number of aliphatic imine (C=N–C) groups is 1. The van der Waals surface area contributed by atoms with Crippen molar-refractivity contribution in [3.05, 3.63) is 46.6 Å². The molecule has 2 N–H and O–H groups in total. The summed E-state index contributed by atoms with van der Waals surface area (Å²) in [5.41, 5.74) is 2.15. The topological polar surface area (TPSA) is 75.3 Å². The molecule has 8 heteroatoms. The Morgan fingerprint density at radius 3 is 2.63 bits per heavy atom. The predicted molar refractivity (Wildman–Crippen MR) is 121 cm³/mol. The normalized spacial score (nSPS) is 11.4. The Balaban J connectivity index is 0.00000364. The molecule has 2 aromatic rings. The molecular formula is C19H29ClIN5O. The maximum absolute atomic E-state index is 5.81. The van der Waals surface area contributed by atoms with Gasteiger partial charge in [0.2, 0.25) is 0 Å². The van der Waals surface area contributed by atoms with E-state index in [2.05, 4.69) is 39.6 Å². The van der Waals surface area contributed by atoms with Crippen LogP contribution in [0.15, 0.2) is 33.9 Å². The zero-order valence-electron chi connectivity index (χ0n) is 16.2. The molecule has 0 atom stereocenters. The lowest BCUT2D eigenvalue weighted by Crippen LogP contribution is -2.38. The van der Waals surface area contributed by atoms with E-state index in [1.165, 1.54) is 0 Å². The maximum atomic E-state index is 5.81. The first-order valence-electron chi connectivity index (χ1n) is 9.24. The zero-order valence-corrected chi connectivity index (χ0v) is 19.3. The Morgan fingerprint density at radius 1 is 1.22 bits per heavy atom. The lowest BCUT2D eigenvalue weighted by Gasteiger charge is -2.10. The number of nitrogens with zero attached hydrogens (tertiary/aromatic N) is 3. The second-order valence-electron chi connectivity index (χ2n) is 6.09. The summed E-state index contributed by atoms with van der Waals surface area (Å²) in [7, 11) is 0. The average Bonchev–Trinajstić information content (AvgIpc) is 3.11. The molecule has 0 saturated heterocycles. The smallest absolute Gasteiger partial charge is 0.191 e. The van der Waals surface area contributed by atoms with E-state index in [0.29, 0.717) is 17.6 Å². The van der Waals surface area contributed by atoms with Crippen molar-refractivity contribution in [3.8, 4) is 0 Å². The van der Waals surface area contributed by atoms with Crippen LogP contribution in [0.1, 0.15) is 56.5 Å². The maximum Gasteiger partial charge on any atom is 0.191 e. The summed E-state index contributed by atoms with van der Waals surface area (Å²) in [6.07, 6.45) is 4.77. The van der Waals surface area contributed by atoms with E-state index in [-0.39, 0.29) is 24.0 Å². The molecule has 2 heterocycles. The fraction of sp³-hybridized carbons (Fsp3) is 0.526. The fourth-order valence-corrected chi connectivity index (χ4v) is 2.79. The van der Waals surface area contributed by atoms with Crippen LogP contribution in [-0.4, -0.2) is 29.2 Å². The van der Waals surface area contributed by atoms with Crippen molar-refractivity contribution in [3.63, 3.8) is 0 Å². The van der Waals surface area contributed by atoms with Crippen molar-refractivity contribution in [1.29, 1.82) is 0 Å². The minimum absolute atomic E-state index is 0. The number of pyridine rings is 1. The molecule has 0 aliphatic carbocycles. The van der Waals surface area contributed by atoms with Crippen molar-refractivity contribution in [2.75, 3.05) is 13.1 Å². The number of nitrogens with one attached hydrogen (secondary N) is 2. The first-order chi connectivity index (χ1) is 12.7. The number of halogens is 2. The van der Waals surface area contributed by atoms with Gasteiger partial charge >= 0.3 is 0 Å². The molecular weight excluding hydrogens is 477 g/mol. The summed E-state index contributed by atoms with van der Waals surface area (Å²) in [5, 5.41) is 11.3. The molecule has 150 valence electrons. The van der Waals surface area contributed by atoms with Crippen molar-refractivity contribution >= 4 is 41.5 Å². The lowest BCUT2D eigenvalue weighted by molar-refractivity contribution is 0.372. The monoisotopic (exact) mass is 505 g/mol. The van der Waals surface area contributed by atoms with E-state index in [0.717, 1.165) is 55.3 Å². The highest BCUT2D eigenvalue weighted by Gasteiger charge is 2.12. The molecule has 0 spiro atoms. The molecule has 0 bridgehead atoms. The molecule has 0 aromatic carbocycles. The summed E-state index contributed by atoms with van der Waals surface area (Å²) in [5.74, 6) is 2.00. The van der Waals surface area contributed by atoms with Gasteiger partial charge in [0.05, 0.1) is 5.69 Å². The van der Waals surface area contributed by atoms with Gasteiger partial charge in [0.15, 0.2) is 11.7 Å².